The topological polar surface area (TPSA) is 15.3 Å². The third kappa shape index (κ3) is 4.34. The lowest BCUT2D eigenvalue weighted by Crippen LogP contribution is -2.29. The highest BCUT2D eigenvalue weighted by Crippen LogP contribution is 2.29. The number of rotatable bonds is 8. The van der Waals surface area contributed by atoms with E-state index < -0.39 is 0 Å². The average molecular weight is 278 g/mol. The van der Waals surface area contributed by atoms with Crippen LogP contribution in [0.15, 0.2) is 30.4 Å². The van der Waals surface area contributed by atoms with Gasteiger partial charge in [-0.15, -0.1) is 0 Å². The van der Waals surface area contributed by atoms with Gasteiger partial charge in [0.05, 0.1) is 0 Å². The number of benzene rings is 1. The maximum atomic E-state index is 14.3. The summed E-state index contributed by atoms with van der Waals surface area (Å²) in [6, 6.07) is 5.32. The molecule has 1 aromatic rings. The first-order chi connectivity index (χ1) is 9.51. The van der Waals surface area contributed by atoms with E-state index >= 15 is 0 Å². The van der Waals surface area contributed by atoms with Gasteiger partial charge in [-0.25, -0.2) is 4.39 Å². The molecule has 3 heteroatoms. The first-order valence-corrected chi connectivity index (χ1v) is 7.42. The Morgan fingerprint density at radius 2 is 2.10 bits per heavy atom. The van der Waals surface area contributed by atoms with Gasteiger partial charge in [0.2, 0.25) is 0 Å². The molecular weight excluding hydrogens is 251 g/mol. The third-order valence-corrected chi connectivity index (χ3v) is 3.35. The Labute approximate surface area is 122 Å². The summed E-state index contributed by atoms with van der Waals surface area (Å²) < 4.78 is 14.3. The first kappa shape index (κ1) is 16.7. The number of hydrogen-bond acceptors (Lipinski definition) is 2. The lowest BCUT2D eigenvalue weighted by molar-refractivity contribution is 0.526. The fraction of sp³-hybridized carbons (Fsp3) is 0.529. The molecule has 0 aliphatic heterocycles. The maximum absolute atomic E-state index is 14.3. The summed E-state index contributed by atoms with van der Waals surface area (Å²) in [5.41, 5.74) is 2.80. The van der Waals surface area contributed by atoms with E-state index in [1.807, 2.05) is 19.9 Å². The molecular formula is C17H27FN2. The van der Waals surface area contributed by atoms with Crippen molar-refractivity contribution in [2.45, 2.75) is 40.2 Å². The first-order valence-electron chi connectivity index (χ1n) is 7.42. The van der Waals surface area contributed by atoms with Gasteiger partial charge in [0.1, 0.15) is 5.82 Å². The molecule has 112 valence electrons. The number of halogens is 1. The third-order valence-electron chi connectivity index (χ3n) is 3.35. The number of hydrogen-bond donors (Lipinski definition) is 1. The molecule has 0 aliphatic rings. The van der Waals surface area contributed by atoms with Crippen LogP contribution in [0.1, 0.15) is 45.7 Å². The van der Waals surface area contributed by atoms with Gasteiger partial charge in [-0.05, 0) is 45.9 Å². The molecule has 1 unspecified atom stereocenters. The highest BCUT2D eigenvalue weighted by Gasteiger charge is 2.18. The molecule has 0 amide bonds. The number of nitrogens with zero attached hydrogens (tertiary/aromatic N) is 1. The molecule has 1 N–H and O–H groups in total. The molecule has 0 radical (unpaired) electrons. The summed E-state index contributed by atoms with van der Waals surface area (Å²) in [5.74, 6) is -0.140. The molecule has 0 aromatic heterocycles. The molecule has 2 nitrogen and oxygen atoms in total. The Bertz CT molecular complexity index is 443. The zero-order valence-corrected chi connectivity index (χ0v) is 13.2. The van der Waals surface area contributed by atoms with E-state index in [0.717, 1.165) is 42.9 Å². The lowest BCUT2D eigenvalue weighted by atomic mass is 10.0. The van der Waals surface area contributed by atoms with Crippen molar-refractivity contribution in [2.24, 2.45) is 0 Å². The zero-order chi connectivity index (χ0) is 15.1. The second-order valence-electron chi connectivity index (χ2n) is 5.32. The monoisotopic (exact) mass is 278 g/mol. The molecule has 0 heterocycles. The molecule has 1 atom stereocenters. The van der Waals surface area contributed by atoms with E-state index in [4.69, 9.17) is 0 Å². The fourth-order valence-corrected chi connectivity index (χ4v) is 2.39. The summed E-state index contributed by atoms with van der Waals surface area (Å²) in [7, 11) is 0. The summed E-state index contributed by atoms with van der Waals surface area (Å²) >= 11 is 0. The predicted octanol–water partition coefficient (Wildman–Crippen LogP) is 4.29. The van der Waals surface area contributed by atoms with Crippen LogP contribution in [0.3, 0.4) is 0 Å². The minimum absolute atomic E-state index is 0.00493. The van der Waals surface area contributed by atoms with Crippen LogP contribution in [0, 0.1) is 5.82 Å². The Balaban J connectivity index is 3.11. The Kier molecular flexibility index (Phi) is 6.73. The van der Waals surface area contributed by atoms with Gasteiger partial charge in [0, 0.05) is 30.4 Å². The number of likely N-dealkylation sites (N-methyl/N-ethyl adjacent to an activating group) is 1. The molecule has 0 spiro atoms. The van der Waals surface area contributed by atoms with Gasteiger partial charge in [-0.2, -0.15) is 0 Å². The van der Waals surface area contributed by atoms with Crippen LogP contribution >= 0.6 is 0 Å². The van der Waals surface area contributed by atoms with Crippen molar-refractivity contribution in [3.05, 3.63) is 41.7 Å². The minimum Gasteiger partial charge on any atom is -0.367 e. The van der Waals surface area contributed by atoms with Crippen molar-refractivity contribution in [1.29, 1.82) is 0 Å². The smallest absolute Gasteiger partial charge is 0.130 e. The van der Waals surface area contributed by atoms with Crippen molar-refractivity contribution < 1.29 is 4.39 Å². The van der Waals surface area contributed by atoms with Crippen LogP contribution in [0.5, 0.6) is 0 Å². The molecule has 1 aromatic carbocycles. The second-order valence-corrected chi connectivity index (χ2v) is 5.32. The van der Waals surface area contributed by atoms with E-state index in [0.29, 0.717) is 0 Å². The largest absolute Gasteiger partial charge is 0.367 e. The maximum Gasteiger partial charge on any atom is 0.130 e. The van der Waals surface area contributed by atoms with E-state index in [1.165, 1.54) is 6.07 Å². The number of nitrogens with one attached hydrogen (secondary N) is 1. The zero-order valence-electron chi connectivity index (χ0n) is 13.2. The average Bonchev–Trinajstić information content (AvgIpc) is 2.41. The van der Waals surface area contributed by atoms with Crippen LogP contribution in [-0.2, 0) is 0 Å². The quantitative estimate of drug-likeness (QED) is 0.714. The van der Waals surface area contributed by atoms with Crippen molar-refractivity contribution in [2.75, 3.05) is 24.5 Å². The summed E-state index contributed by atoms with van der Waals surface area (Å²) in [6.45, 7) is 14.7. The van der Waals surface area contributed by atoms with Crippen LogP contribution in [0.2, 0.25) is 0 Å². The van der Waals surface area contributed by atoms with Gasteiger partial charge >= 0.3 is 0 Å². The van der Waals surface area contributed by atoms with Crippen LogP contribution in [0.4, 0.5) is 10.1 Å². The van der Waals surface area contributed by atoms with Gasteiger partial charge in [0.25, 0.3) is 0 Å². The Morgan fingerprint density at radius 3 is 2.65 bits per heavy atom. The van der Waals surface area contributed by atoms with Crippen molar-refractivity contribution in [3.63, 3.8) is 0 Å². The van der Waals surface area contributed by atoms with Crippen molar-refractivity contribution in [3.8, 4) is 0 Å². The van der Waals surface area contributed by atoms with Crippen molar-refractivity contribution >= 4 is 5.69 Å². The van der Waals surface area contributed by atoms with E-state index in [2.05, 4.69) is 30.6 Å². The minimum atomic E-state index is -0.140. The number of anilines is 1. The summed E-state index contributed by atoms with van der Waals surface area (Å²) in [5, 5.41) is 3.37. The molecule has 0 saturated heterocycles. The van der Waals surface area contributed by atoms with Crippen LogP contribution in [0.25, 0.3) is 0 Å². The van der Waals surface area contributed by atoms with Crippen LogP contribution in [-0.4, -0.2) is 19.6 Å². The molecule has 0 bridgehead atoms. The summed E-state index contributed by atoms with van der Waals surface area (Å²) in [6.07, 6.45) is 1.04. The Hall–Kier alpha value is -1.35. The highest BCUT2D eigenvalue weighted by atomic mass is 19.1. The van der Waals surface area contributed by atoms with Crippen molar-refractivity contribution in [1.82, 2.24) is 5.32 Å². The van der Waals surface area contributed by atoms with E-state index in [1.54, 1.807) is 6.07 Å². The standard InChI is InChI=1S/C17H27FN2/c1-6-11-19-14(5)17-15(18)9-8-10-16(17)20(7-2)12-13(3)4/h8-10,14,19H,3,6-7,11-12H2,1-2,4-5H3. The summed E-state index contributed by atoms with van der Waals surface area (Å²) in [4.78, 5) is 2.17. The molecule has 0 saturated carbocycles. The molecule has 20 heavy (non-hydrogen) atoms. The van der Waals surface area contributed by atoms with E-state index in [-0.39, 0.29) is 11.9 Å². The van der Waals surface area contributed by atoms with Gasteiger partial charge in [-0.1, -0.05) is 25.1 Å². The molecule has 1 rings (SSSR count). The van der Waals surface area contributed by atoms with E-state index in [9.17, 15) is 4.39 Å². The highest BCUT2D eigenvalue weighted by molar-refractivity contribution is 5.56. The normalized spacial score (nSPS) is 12.2. The fourth-order valence-electron chi connectivity index (χ4n) is 2.39. The molecule has 0 fully saturated rings. The Morgan fingerprint density at radius 1 is 1.40 bits per heavy atom. The van der Waals surface area contributed by atoms with Gasteiger partial charge in [-0.3, -0.25) is 0 Å². The van der Waals surface area contributed by atoms with Gasteiger partial charge in [0.15, 0.2) is 0 Å². The predicted molar refractivity (Wildman–Crippen MR) is 85.8 cm³/mol. The SMILES string of the molecule is C=C(C)CN(CC)c1cccc(F)c1C(C)NCCC. The lowest BCUT2D eigenvalue weighted by Gasteiger charge is -2.28. The van der Waals surface area contributed by atoms with Crippen LogP contribution < -0.4 is 10.2 Å². The second kappa shape index (κ2) is 8.05. The molecule has 0 aliphatic carbocycles. The van der Waals surface area contributed by atoms with Gasteiger partial charge < -0.3 is 10.2 Å².